The Labute approximate surface area is 718 Å². The lowest BCUT2D eigenvalue weighted by molar-refractivity contribution is 0.150. The molecule has 656 valence electrons. The first kappa shape index (κ1) is 102. The Hall–Kier alpha value is -8.60. The van der Waals surface area contributed by atoms with Crippen LogP contribution in [0.3, 0.4) is 0 Å². The molecule has 4 N–H and O–H groups in total. The predicted molar refractivity (Wildman–Crippen MR) is 487 cm³/mol. The van der Waals surface area contributed by atoms with Gasteiger partial charge in [-0.25, -0.2) is 33.7 Å². The second kappa shape index (κ2) is 49.5. The van der Waals surface area contributed by atoms with Crippen molar-refractivity contribution in [1.82, 2.24) is 17.2 Å². The van der Waals surface area contributed by atoms with Gasteiger partial charge in [0.25, 0.3) is 0 Å². The van der Waals surface area contributed by atoms with Crippen LogP contribution in [0.15, 0.2) is 245 Å². The van der Waals surface area contributed by atoms with Crippen LogP contribution >= 0.6 is 0 Å². The maximum absolute atomic E-state index is 13.7. The number of aliphatic hydroxyl groups is 4. The Balaban J connectivity index is 0.000000285. The maximum Gasteiger partial charge on any atom is 0.220 e. The molecule has 0 aliphatic heterocycles. The molecule has 24 heteroatoms. The fourth-order valence-electron chi connectivity index (χ4n) is 14.1. The van der Waals surface area contributed by atoms with Crippen LogP contribution in [0.4, 0.5) is 0 Å². The van der Waals surface area contributed by atoms with E-state index in [9.17, 15) is 54.1 Å². The average Bonchev–Trinajstić information content (AvgIpc) is 0.806. The molecule has 8 aromatic carbocycles. The fourth-order valence-corrected chi connectivity index (χ4v) is 22.9. The second-order valence-electron chi connectivity index (χ2n) is 31.8. The number of nitrogens with zero attached hydrogens (tertiary/aromatic N) is 4. The van der Waals surface area contributed by atoms with E-state index in [1.54, 1.807) is 52.7 Å². The number of methoxy groups -OCH3 is 4. The molecule has 0 spiro atoms. The van der Waals surface area contributed by atoms with Crippen LogP contribution in [-0.4, -0.2) is 145 Å². The van der Waals surface area contributed by atoms with Gasteiger partial charge in [0.05, 0.1) is 52.9 Å². The van der Waals surface area contributed by atoms with Gasteiger partial charge < -0.3 is 39.4 Å². The summed E-state index contributed by atoms with van der Waals surface area (Å²) in [5.74, 6) is 1.87. The molecule has 8 atom stereocenters. The zero-order valence-electron chi connectivity index (χ0n) is 73.1. The summed E-state index contributed by atoms with van der Waals surface area (Å²) in [5.41, 5.74) is 11.5. The highest BCUT2D eigenvalue weighted by molar-refractivity contribution is 7.90. The van der Waals surface area contributed by atoms with E-state index in [-0.39, 0.29) is 102 Å². The first-order valence-electron chi connectivity index (χ1n) is 40.6. The Kier molecular flexibility index (Phi) is 42.0. The van der Waals surface area contributed by atoms with Gasteiger partial charge in [0, 0.05) is 52.4 Å². The number of ether oxygens (including phenoxy) is 4. The summed E-state index contributed by atoms with van der Waals surface area (Å²) >= 11 is 0. The third-order valence-corrected chi connectivity index (χ3v) is 30.7. The zero-order chi connectivity index (χ0) is 89.2. The molecule has 120 heavy (non-hydrogen) atoms. The van der Waals surface area contributed by atoms with Gasteiger partial charge in [-0.2, -0.15) is 17.2 Å². The predicted octanol–water partition coefficient (Wildman–Crippen LogP) is 17.2. The number of aliphatic hydroxyl groups excluding tert-OH is 4. The summed E-state index contributed by atoms with van der Waals surface area (Å²) in [7, 11) is -8.83. The molecule has 0 saturated heterocycles. The summed E-state index contributed by atoms with van der Waals surface area (Å²) in [4.78, 5) is 0. The highest BCUT2D eigenvalue weighted by Crippen LogP contribution is 2.33. The van der Waals surface area contributed by atoms with E-state index in [0.717, 1.165) is 66.8 Å². The van der Waals surface area contributed by atoms with Gasteiger partial charge in [-0.05, 0) is 170 Å². The molecule has 0 saturated carbocycles. The van der Waals surface area contributed by atoms with E-state index in [1.807, 2.05) is 277 Å². The van der Waals surface area contributed by atoms with Crippen LogP contribution in [0.25, 0.3) is 0 Å². The Morgan fingerprint density at radius 3 is 0.492 bits per heavy atom. The van der Waals surface area contributed by atoms with Crippen LogP contribution in [0, 0.1) is 51.4 Å². The molecular formula is C96H132N4O16S4. The SMILES string of the molecule is C=CC[C@@H](O)[C@@H](C(C)C)S(=O)(=O)N(Cc1ccc(C)cc1)Cc1ccc(OC)cc1.C=CC[C@@H](O)[C@H](C(C)C)S(=O)(=O)N(Cc1ccc(C)cc1)Cc1ccc(OC)cc1.C=CC[C@H](O)[C@@H](C(C)C)S(=O)(=O)N(Cc1ccc(C)cc1)Cc1ccc(OC)cc1.C=CC[C@H](O)[C@H](C(C)C)S(=O)(=O)N(Cc1ccc(C)cc1)Cc1ccc(OC)cc1. The van der Waals surface area contributed by atoms with E-state index in [4.69, 9.17) is 18.9 Å². The van der Waals surface area contributed by atoms with Gasteiger partial charge in [-0.1, -0.05) is 248 Å². The van der Waals surface area contributed by atoms with Crippen molar-refractivity contribution in [3.05, 3.63) is 312 Å². The molecule has 0 aromatic heterocycles. The number of aryl methyl sites for hydroxylation is 4. The van der Waals surface area contributed by atoms with Gasteiger partial charge in [0.15, 0.2) is 0 Å². The molecule has 0 fully saturated rings. The van der Waals surface area contributed by atoms with Gasteiger partial charge in [0.1, 0.15) is 44.0 Å². The molecule has 0 bridgehead atoms. The van der Waals surface area contributed by atoms with Crippen LogP contribution < -0.4 is 18.9 Å². The topological polar surface area (TPSA) is 267 Å². The summed E-state index contributed by atoms with van der Waals surface area (Å²) in [5, 5.41) is 38.8. The third-order valence-electron chi connectivity index (χ3n) is 20.6. The summed E-state index contributed by atoms with van der Waals surface area (Å²) in [6, 6.07) is 60.7. The van der Waals surface area contributed by atoms with Crippen molar-refractivity contribution in [3.8, 4) is 23.0 Å². The quantitative estimate of drug-likeness (QED) is 0.0259. The van der Waals surface area contributed by atoms with Gasteiger partial charge in [0.2, 0.25) is 40.1 Å². The van der Waals surface area contributed by atoms with Gasteiger partial charge >= 0.3 is 0 Å². The lowest BCUT2D eigenvalue weighted by atomic mass is 10.0. The minimum absolute atomic E-state index is 0.213. The molecule has 0 aliphatic carbocycles. The first-order chi connectivity index (χ1) is 56.7. The standard InChI is InChI=1S/4C24H33NO4S/c4*1-6-7-23(26)24(18(2)3)30(27,28)25(16-20-10-8-19(4)9-11-20)17-21-12-14-22(29-5)15-13-21/h4*6,8-15,18,23-24,26H,1,7,16-17H2,2-5H3/t2*23-,24+;2*23-,24-/m1010/s1. The van der Waals surface area contributed by atoms with Crippen molar-refractivity contribution >= 4 is 40.1 Å². The molecular weight excluding hydrogens is 1590 g/mol. The Morgan fingerprint density at radius 2 is 0.383 bits per heavy atom. The normalized spacial score (nSPS) is 14.0. The molecule has 8 aromatic rings. The minimum atomic E-state index is -3.80. The third kappa shape index (κ3) is 31.1. The number of rotatable bonds is 44. The van der Waals surface area contributed by atoms with Crippen molar-refractivity contribution in [2.24, 2.45) is 23.7 Å². The monoisotopic (exact) mass is 1720 g/mol. The van der Waals surface area contributed by atoms with E-state index in [2.05, 4.69) is 26.3 Å². The van der Waals surface area contributed by atoms with E-state index < -0.39 is 85.5 Å². The Morgan fingerprint density at radius 1 is 0.258 bits per heavy atom. The number of hydrogen-bond donors (Lipinski definition) is 4. The molecule has 0 aliphatic rings. The highest BCUT2D eigenvalue weighted by atomic mass is 32.2. The summed E-state index contributed by atoms with van der Waals surface area (Å²) < 4.78 is 136. The fraction of sp³-hybridized carbons (Fsp3) is 0.417. The van der Waals surface area contributed by atoms with E-state index in [0.29, 0.717) is 23.0 Å². The summed E-state index contributed by atoms with van der Waals surface area (Å²) in [6.45, 7) is 39.0. The van der Waals surface area contributed by atoms with Crippen molar-refractivity contribution in [2.45, 2.75) is 207 Å². The summed E-state index contributed by atoms with van der Waals surface area (Å²) in [6.07, 6.45) is 3.10. The van der Waals surface area contributed by atoms with E-state index >= 15 is 0 Å². The molecule has 0 unspecified atom stereocenters. The van der Waals surface area contributed by atoms with Crippen LogP contribution in [-0.2, 0) is 92.5 Å². The highest BCUT2D eigenvalue weighted by Gasteiger charge is 2.43. The zero-order valence-corrected chi connectivity index (χ0v) is 76.4. The molecule has 0 radical (unpaired) electrons. The lowest BCUT2D eigenvalue weighted by Crippen LogP contribution is -2.46. The van der Waals surface area contributed by atoms with Crippen molar-refractivity contribution in [1.29, 1.82) is 0 Å². The minimum Gasteiger partial charge on any atom is -0.497 e. The Bertz CT molecular complexity index is 4240. The first-order valence-corrected chi connectivity index (χ1v) is 46.6. The van der Waals surface area contributed by atoms with Crippen molar-refractivity contribution in [2.75, 3.05) is 28.4 Å². The van der Waals surface area contributed by atoms with Crippen LogP contribution in [0.2, 0.25) is 0 Å². The van der Waals surface area contributed by atoms with Crippen LogP contribution in [0.1, 0.15) is 148 Å². The number of sulfonamides is 4. The van der Waals surface area contributed by atoms with Crippen molar-refractivity contribution < 1.29 is 73.0 Å². The van der Waals surface area contributed by atoms with E-state index in [1.165, 1.54) is 17.2 Å². The lowest BCUT2D eigenvalue weighted by Gasteiger charge is -2.32. The second-order valence-corrected chi connectivity index (χ2v) is 40.2. The van der Waals surface area contributed by atoms with Gasteiger partial charge in [-0.15, -0.1) is 26.3 Å². The van der Waals surface area contributed by atoms with Crippen molar-refractivity contribution in [3.63, 3.8) is 0 Å². The number of benzene rings is 8. The van der Waals surface area contributed by atoms with Gasteiger partial charge in [-0.3, -0.25) is 0 Å². The maximum atomic E-state index is 13.7. The molecule has 8 rings (SSSR count). The molecule has 20 nitrogen and oxygen atoms in total. The number of hydrogen-bond acceptors (Lipinski definition) is 16. The van der Waals surface area contributed by atoms with Crippen LogP contribution in [0.5, 0.6) is 23.0 Å². The smallest absolute Gasteiger partial charge is 0.220 e. The largest absolute Gasteiger partial charge is 0.497 e. The average molecular weight is 1730 g/mol. The molecule has 0 amide bonds. The molecule has 0 heterocycles.